The Morgan fingerprint density at radius 2 is 1.88 bits per heavy atom. The predicted molar refractivity (Wildman–Crippen MR) is 95.5 cm³/mol. The molecule has 0 saturated carbocycles. The molecule has 0 fully saturated rings. The third-order valence-electron chi connectivity index (χ3n) is 3.79. The summed E-state index contributed by atoms with van der Waals surface area (Å²) < 4.78 is 4.94. The highest BCUT2D eigenvalue weighted by Gasteiger charge is 2.02. The molecule has 2 aromatic rings. The third kappa shape index (κ3) is 6.19. The van der Waals surface area contributed by atoms with Crippen LogP contribution in [0.4, 0.5) is 0 Å². The van der Waals surface area contributed by atoms with Crippen molar-refractivity contribution in [1.29, 1.82) is 5.26 Å². The van der Waals surface area contributed by atoms with Crippen LogP contribution in [-0.2, 0) is 16.0 Å². The maximum atomic E-state index is 10.9. The minimum atomic E-state index is -0.355. The predicted octanol–water partition coefficient (Wildman–Crippen LogP) is 3.85. The Balaban J connectivity index is 1.70. The lowest BCUT2D eigenvalue weighted by Crippen LogP contribution is -2.01. The molecule has 0 radical (unpaired) electrons. The Hall–Kier alpha value is -3.00. The van der Waals surface area contributed by atoms with Crippen molar-refractivity contribution in [2.75, 3.05) is 6.61 Å². The maximum Gasteiger partial charge on any atom is 0.330 e. The van der Waals surface area contributed by atoms with Gasteiger partial charge in [0.1, 0.15) is 6.07 Å². The van der Waals surface area contributed by atoms with Crippen LogP contribution in [0.1, 0.15) is 36.9 Å². The number of ether oxygens (including phenoxy) is 1. The van der Waals surface area contributed by atoms with E-state index in [1.165, 1.54) is 17.8 Å². The second-order valence-corrected chi connectivity index (χ2v) is 5.63. The molecule has 5 heteroatoms. The van der Waals surface area contributed by atoms with Crippen molar-refractivity contribution in [2.45, 2.75) is 32.1 Å². The van der Waals surface area contributed by atoms with Crippen LogP contribution in [0.5, 0.6) is 0 Å². The highest BCUT2D eigenvalue weighted by Crippen LogP contribution is 2.18. The lowest BCUT2D eigenvalue weighted by molar-refractivity contribution is -0.137. The van der Waals surface area contributed by atoms with Gasteiger partial charge >= 0.3 is 5.97 Å². The molecule has 0 atom stereocenters. The largest absolute Gasteiger partial charge is 0.463 e. The highest BCUT2D eigenvalue weighted by atomic mass is 16.5. The molecule has 0 amide bonds. The van der Waals surface area contributed by atoms with Gasteiger partial charge in [-0.15, -0.1) is 0 Å². The molecule has 1 aromatic heterocycles. The number of carbonyl (C=O) groups is 1. The summed E-state index contributed by atoms with van der Waals surface area (Å²) in [5.41, 5.74) is 3.35. The minimum Gasteiger partial charge on any atom is -0.463 e. The molecular weight excluding hydrogens is 314 g/mol. The van der Waals surface area contributed by atoms with Gasteiger partial charge in [-0.3, -0.25) is 4.98 Å². The number of aromatic nitrogens is 2. The van der Waals surface area contributed by atoms with Crippen LogP contribution in [-0.4, -0.2) is 22.5 Å². The molecule has 0 aliphatic heterocycles. The molecule has 0 unspecified atom stereocenters. The van der Waals surface area contributed by atoms with Crippen molar-refractivity contribution in [3.8, 4) is 17.3 Å². The second kappa shape index (κ2) is 9.99. The Kier molecular flexibility index (Phi) is 7.33. The normalized spacial score (nSPS) is 10.0. The summed E-state index contributed by atoms with van der Waals surface area (Å²) in [6.07, 6.45) is 9.44. The number of nitrogens with zero attached hydrogens (tertiary/aromatic N) is 3. The van der Waals surface area contributed by atoms with Gasteiger partial charge in [0.2, 0.25) is 0 Å². The number of aryl methyl sites for hydroxylation is 1. The average molecular weight is 335 g/mol. The smallest absolute Gasteiger partial charge is 0.330 e. The molecule has 5 nitrogen and oxygen atoms in total. The van der Waals surface area contributed by atoms with E-state index in [4.69, 9.17) is 10.00 Å². The quantitative estimate of drug-likeness (QED) is 0.395. The number of esters is 1. The summed E-state index contributed by atoms with van der Waals surface area (Å²) in [5.74, 6) is -0.355. The number of benzene rings is 1. The number of hydrogen-bond acceptors (Lipinski definition) is 5. The van der Waals surface area contributed by atoms with Crippen molar-refractivity contribution >= 4 is 5.97 Å². The molecule has 0 saturated heterocycles. The van der Waals surface area contributed by atoms with E-state index < -0.39 is 0 Å². The highest BCUT2D eigenvalue weighted by molar-refractivity contribution is 5.81. The van der Waals surface area contributed by atoms with Crippen molar-refractivity contribution in [1.82, 2.24) is 9.97 Å². The molecule has 2 rings (SSSR count). The first-order valence-electron chi connectivity index (χ1n) is 8.33. The van der Waals surface area contributed by atoms with E-state index >= 15 is 0 Å². The van der Waals surface area contributed by atoms with E-state index in [1.54, 1.807) is 6.20 Å². The standard InChI is InChI=1S/C20H21N3O2/c1-2-20(24)25-12-6-4-3-5-7-16-8-10-17(11-9-16)19-15-22-18(13-21)14-23-19/h2,8-11,14-15H,1,3-7,12H2. The minimum absolute atomic E-state index is 0.319. The number of unbranched alkanes of at least 4 members (excludes halogenated alkanes) is 3. The molecule has 25 heavy (non-hydrogen) atoms. The van der Waals surface area contributed by atoms with Crippen LogP contribution in [0, 0.1) is 11.3 Å². The lowest BCUT2D eigenvalue weighted by Gasteiger charge is -2.05. The molecule has 0 aliphatic rings. The van der Waals surface area contributed by atoms with Gasteiger partial charge in [0, 0.05) is 11.6 Å². The van der Waals surface area contributed by atoms with Gasteiger partial charge in [-0.05, 0) is 24.8 Å². The molecule has 1 aromatic carbocycles. The van der Waals surface area contributed by atoms with Gasteiger partial charge in [0.25, 0.3) is 0 Å². The van der Waals surface area contributed by atoms with Crippen LogP contribution >= 0.6 is 0 Å². The molecule has 128 valence electrons. The average Bonchev–Trinajstić information content (AvgIpc) is 2.67. The van der Waals surface area contributed by atoms with Crippen LogP contribution in [0.2, 0.25) is 0 Å². The van der Waals surface area contributed by atoms with Gasteiger partial charge in [0.15, 0.2) is 5.69 Å². The Labute approximate surface area is 148 Å². The second-order valence-electron chi connectivity index (χ2n) is 5.63. The fourth-order valence-electron chi connectivity index (χ4n) is 2.39. The van der Waals surface area contributed by atoms with Gasteiger partial charge in [-0.25, -0.2) is 9.78 Å². The van der Waals surface area contributed by atoms with E-state index in [0.717, 1.165) is 43.4 Å². The first-order valence-corrected chi connectivity index (χ1v) is 8.33. The monoisotopic (exact) mass is 335 g/mol. The molecular formula is C20H21N3O2. The Bertz CT molecular complexity index is 731. The fraction of sp³-hybridized carbons (Fsp3) is 0.300. The van der Waals surface area contributed by atoms with Crippen LogP contribution in [0.15, 0.2) is 49.3 Å². The molecule has 0 bridgehead atoms. The van der Waals surface area contributed by atoms with E-state index in [1.807, 2.05) is 18.2 Å². The lowest BCUT2D eigenvalue weighted by atomic mass is 10.0. The van der Waals surface area contributed by atoms with Gasteiger partial charge in [0.05, 0.1) is 24.7 Å². The molecule has 0 spiro atoms. The van der Waals surface area contributed by atoms with Gasteiger partial charge in [-0.1, -0.05) is 43.7 Å². The Morgan fingerprint density at radius 3 is 2.52 bits per heavy atom. The first-order chi connectivity index (χ1) is 12.2. The fourth-order valence-corrected chi connectivity index (χ4v) is 2.39. The van der Waals surface area contributed by atoms with Crippen molar-refractivity contribution in [3.63, 3.8) is 0 Å². The maximum absolute atomic E-state index is 10.9. The van der Waals surface area contributed by atoms with Gasteiger partial charge < -0.3 is 4.74 Å². The van der Waals surface area contributed by atoms with Crippen molar-refractivity contribution in [2.24, 2.45) is 0 Å². The van der Waals surface area contributed by atoms with E-state index in [0.29, 0.717) is 12.3 Å². The topological polar surface area (TPSA) is 75.9 Å². The summed E-state index contributed by atoms with van der Waals surface area (Å²) in [4.78, 5) is 19.2. The summed E-state index contributed by atoms with van der Waals surface area (Å²) in [6, 6.07) is 10.2. The summed E-state index contributed by atoms with van der Waals surface area (Å²) in [6.45, 7) is 3.82. The summed E-state index contributed by atoms with van der Waals surface area (Å²) in [5, 5.41) is 8.74. The van der Waals surface area contributed by atoms with Crippen molar-refractivity contribution in [3.05, 3.63) is 60.6 Å². The molecule has 1 heterocycles. The van der Waals surface area contributed by atoms with E-state index in [-0.39, 0.29) is 5.97 Å². The third-order valence-corrected chi connectivity index (χ3v) is 3.79. The zero-order valence-corrected chi connectivity index (χ0v) is 14.1. The Morgan fingerprint density at radius 1 is 1.12 bits per heavy atom. The zero-order valence-electron chi connectivity index (χ0n) is 14.1. The van der Waals surface area contributed by atoms with Crippen LogP contribution in [0.25, 0.3) is 11.3 Å². The van der Waals surface area contributed by atoms with Gasteiger partial charge in [-0.2, -0.15) is 5.26 Å². The van der Waals surface area contributed by atoms with Crippen molar-refractivity contribution < 1.29 is 9.53 Å². The summed E-state index contributed by atoms with van der Waals surface area (Å²) >= 11 is 0. The zero-order chi connectivity index (χ0) is 17.9. The van der Waals surface area contributed by atoms with E-state index in [2.05, 4.69) is 28.7 Å². The van der Waals surface area contributed by atoms with Crippen LogP contribution in [0.3, 0.4) is 0 Å². The molecule has 0 N–H and O–H groups in total. The van der Waals surface area contributed by atoms with Crippen LogP contribution < -0.4 is 0 Å². The molecule has 0 aliphatic carbocycles. The number of carbonyl (C=O) groups excluding carboxylic acids is 1. The first kappa shape index (κ1) is 18.3. The SMILES string of the molecule is C=CC(=O)OCCCCCCc1ccc(-c2cnc(C#N)cn2)cc1. The summed E-state index contributed by atoms with van der Waals surface area (Å²) in [7, 11) is 0. The number of hydrogen-bond donors (Lipinski definition) is 0. The van der Waals surface area contributed by atoms with E-state index in [9.17, 15) is 4.79 Å². The number of rotatable bonds is 9. The number of nitriles is 1.